The van der Waals surface area contributed by atoms with E-state index in [9.17, 15) is 9.18 Å². The van der Waals surface area contributed by atoms with Gasteiger partial charge in [0.25, 0.3) is 0 Å². The molecule has 1 atom stereocenters. The quantitative estimate of drug-likeness (QED) is 0.898. The van der Waals surface area contributed by atoms with Crippen molar-refractivity contribution in [3.63, 3.8) is 0 Å². The van der Waals surface area contributed by atoms with Crippen molar-refractivity contribution in [3.05, 3.63) is 34.6 Å². The van der Waals surface area contributed by atoms with Crippen LogP contribution in [0.2, 0.25) is 5.02 Å². The number of benzene rings is 1. The molecule has 0 aliphatic rings. The second kappa shape index (κ2) is 5.98. The molecule has 94 valence electrons. The molecule has 0 spiro atoms. The van der Waals surface area contributed by atoms with E-state index in [2.05, 4.69) is 5.32 Å². The second-order valence-corrected chi connectivity index (χ2v) is 4.47. The lowest BCUT2D eigenvalue weighted by Crippen LogP contribution is -2.34. The first-order valence-corrected chi connectivity index (χ1v) is 5.68. The van der Waals surface area contributed by atoms with Gasteiger partial charge in [0.2, 0.25) is 5.91 Å². The largest absolute Gasteiger partial charge is 0.348 e. The van der Waals surface area contributed by atoms with Crippen LogP contribution in [0.4, 0.5) is 4.39 Å². The molecular formula is C12H16ClFN2O. The van der Waals surface area contributed by atoms with Crippen LogP contribution in [-0.2, 0) is 4.79 Å². The van der Waals surface area contributed by atoms with Crippen molar-refractivity contribution in [1.29, 1.82) is 0 Å². The lowest BCUT2D eigenvalue weighted by atomic mass is 10.1. The van der Waals surface area contributed by atoms with Gasteiger partial charge >= 0.3 is 0 Å². The number of rotatable bonds is 4. The highest BCUT2D eigenvalue weighted by Crippen LogP contribution is 2.20. The molecule has 1 rings (SSSR count). The number of carbonyl (C=O) groups is 1. The van der Waals surface area contributed by atoms with Crippen LogP contribution in [0.15, 0.2) is 18.2 Å². The van der Waals surface area contributed by atoms with Gasteiger partial charge in [0.15, 0.2) is 0 Å². The highest BCUT2D eigenvalue weighted by Gasteiger charge is 2.10. The molecule has 0 fully saturated rings. The van der Waals surface area contributed by atoms with E-state index in [0.29, 0.717) is 0 Å². The Morgan fingerprint density at radius 1 is 1.53 bits per heavy atom. The van der Waals surface area contributed by atoms with Crippen LogP contribution in [0, 0.1) is 5.82 Å². The topological polar surface area (TPSA) is 32.3 Å². The molecule has 0 radical (unpaired) electrons. The van der Waals surface area contributed by atoms with Gasteiger partial charge in [0.1, 0.15) is 5.82 Å². The van der Waals surface area contributed by atoms with Crippen molar-refractivity contribution in [3.8, 4) is 0 Å². The summed E-state index contributed by atoms with van der Waals surface area (Å²) in [4.78, 5) is 12.9. The first-order chi connectivity index (χ1) is 7.91. The van der Waals surface area contributed by atoms with Gasteiger partial charge in [-0.15, -0.1) is 0 Å². The maximum atomic E-state index is 13.0. The Kier molecular flexibility index (Phi) is 4.90. The minimum atomic E-state index is -0.438. The Labute approximate surface area is 106 Å². The zero-order valence-corrected chi connectivity index (χ0v) is 10.9. The van der Waals surface area contributed by atoms with Crippen molar-refractivity contribution in [1.82, 2.24) is 10.2 Å². The number of amides is 1. The number of likely N-dealkylation sites (N-methyl/N-ethyl adjacent to an activating group) is 1. The van der Waals surface area contributed by atoms with Gasteiger partial charge < -0.3 is 10.2 Å². The van der Waals surface area contributed by atoms with E-state index < -0.39 is 5.82 Å². The average Bonchev–Trinajstić information content (AvgIpc) is 2.28. The zero-order chi connectivity index (χ0) is 13.0. The predicted octanol–water partition coefficient (Wildman–Crippen LogP) is 2.22. The van der Waals surface area contributed by atoms with E-state index >= 15 is 0 Å². The number of hydrogen-bond donors (Lipinski definition) is 1. The molecule has 1 aromatic rings. The van der Waals surface area contributed by atoms with Crippen LogP contribution in [-0.4, -0.2) is 31.4 Å². The van der Waals surface area contributed by atoms with Crippen molar-refractivity contribution < 1.29 is 9.18 Å². The van der Waals surface area contributed by atoms with Crippen LogP contribution in [0.3, 0.4) is 0 Å². The van der Waals surface area contributed by atoms with Crippen molar-refractivity contribution in [2.45, 2.75) is 13.0 Å². The highest BCUT2D eigenvalue weighted by molar-refractivity contribution is 6.30. The van der Waals surface area contributed by atoms with E-state index in [0.717, 1.165) is 5.56 Å². The fourth-order valence-electron chi connectivity index (χ4n) is 1.30. The van der Waals surface area contributed by atoms with Crippen molar-refractivity contribution >= 4 is 17.5 Å². The number of nitrogens with zero attached hydrogens (tertiary/aromatic N) is 1. The standard InChI is InChI=1S/C12H16ClFN2O/c1-8(15-7-12(17)16(2)3)9-4-5-11(14)10(13)6-9/h4-6,8,15H,7H2,1-3H3. The van der Waals surface area contributed by atoms with Crippen LogP contribution < -0.4 is 5.32 Å². The summed E-state index contributed by atoms with van der Waals surface area (Å²) in [5, 5.41) is 3.15. The van der Waals surface area contributed by atoms with Gasteiger partial charge in [-0.3, -0.25) is 4.79 Å². The lowest BCUT2D eigenvalue weighted by molar-refractivity contribution is -0.127. The third-order valence-electron chi connectivity index (χ3n) is 2.50. The molecule has 0 bridgehead atoms. The fraction of sp³-hybridized carbons (Fsp3) is 0.417. The molecule has 0 aliphatic heterocycles. The monoisotopic (exact) mass is 258 g/mol. The van der Waals surface area contributed by atoms with Crippen LogP contribution in [0.5, 0.6) is 0 Å². The summed E-state index contributed by atoms with van der Waals surface area (Å²) in [6.07, 6.45) is 0. The maximum Gasteiger partial charge on any atom is 0.236 e. The zero-order valence-electron chi connectivity index (χ0n) is 10.1. The first-order valence-electron chi connectivity index (χ1n) is 5.30. The minimum absolute atomic E-state index is 0.00920. The molecule has 0 aromatic heterocycles. The second-order valence-electron chi connectivity index (χ2n) is 4.06. The van der Waals surface area contributed by atoms with Crippen molar-refractivity contribution in [2.75, 3.05) is 20.6 Å². The molecule has 0 heterocycles. The highest BCUT2D eigenvalue weighted by atomic mass is 35.5. The van der Waals surface area contributed by atoms with E-state index in [4.69, 9.17) is 11.6 Å². The Morgan fingerprint density at radius 3 is 2.71 bits per heavy atom. The summed E-state index contributed by atoms with van der Waals surface area (Å²) in [5.74, 6) is -0.447. The summed E-state index contributed by atoms with van der Waals surface area (Å²) < 4.78 is 13.0. The van der Waals surface area contributed by atoms with E-state index in [1.807, 2.05) is 6.92 Å². The van der Waals surface area contributed by atoms with Gasteiger partial charge in [-0.25, -0.2) is 4.39 Å². The van der Waals surface area contributed by atoms with Crippen LogP contribution in [0.1, 0.15) is 18.5 Å². The summed E-state index contributed by atoms with van der Waals surface area (Å²) in [5.41, 5.74) is 0.850. The van der Waals surface area contributed by atoms with Gasteiger partial charge in [-0.05, 0) is 24.6 Å². The number of nitrogens with one attached hydrogen (secondary N) is 1. The Morgan fingerprint density at radius 2 is 2.18 bits per heavy atom. The smallest absolute Gasteiger partial charge is 0.236 e. The molecule has 3 nitrogen and oxygen atoms in total. The van der Waals surface area contributed by atoms with E-state index in [-0.39, 0.29) is 23.5 Å². The normalized spacial score (nSPS) is 12.3. The molecule has 0 aliphatic carbocycles. The predicted molar refractivity (Wildman–Crippen MR) is 66.5 cm³/mol. The van der Waals surface area contributed by atoms with Gasteiger partial charge in [-0.2, -0.15) is 0 Å². The van der Waals surface area contributed by atoms with Crippen LogP contribution >= 0.6 is 11.6 Å². The summed E-state index contributed by atoms with van der Waals surface area (Å²) >= 11 is 5.69. The third kappa shape index (κ3) is 3.98. The summed E-state index contributed by atoms with van der Waals surface area (Å²) in [6.45, 7) is 2.13. The third-order valence-corrected chi connectivity index (χ3v) is 2.79. The average molecular weight is 259 g/mol. The fourth-order valence-corrected chi connectivity index (χ4v) is 1.49. The van der Waals surface area contributed by atoms with Gasteiger partial charge in [0.05, 0.1) is 11.6 Å². The van der Waals surface area contributed by atoms with Gasteiger partial charge in [0, 0.05) is 20.1 Å². The van der Waals surface area contributed by atoms with Crippen molar-refractivity contribution in [2.24, 2.45) is 0 Å². The molecule has 17 heavy (non-hydrogen) atoms. The maximum absolute atomic E-state index is 13.0. The number of hydrogen-bond acceptors (Lipinski definition) is 2. The number of halogens is 2. The lowest BCUT2D eigenvalue weighted by Gasteiger charge is -2.16. The first kappa shape index (κ1) is 13.9. The van der Waals surface area contributed by atoms with Gasteiger partial charge in [-0.1, -0.05) is 17.7 Å². The molecule has 0 saturated heterocycles. The molecule has 5 heteroatoms. The molecule has 0 saturated carbocycles. The summed E-state index contributed by atoms with van der Waals surface area (Å²) in [7, 11) is 3.40. The van der Waals surface area contributed by atoms with E-state index in [1.54, 1.807) is 26.2 Å². The SMILES string of the molecule is CC(NCC(=O)N(C)C)c1ccc(F)c(Cl)c1. The molecule has 1 N–H and O–H groups in total. The Hall–Kier alpha value is -1.13. The molecule has 1 aromatic carbocycles. The van der Waals surface area contributed by atoms with Crippen LogP contribution in [0.25, 0.3) is 0 Å². The Balaban J connectivity index is 2.61. The Bertz CT molecular complexity index is 409. The van der Waals surface area contributed by atoms with E-state index in [1.165, 1.54) is 11.0 Å². The minimum Gasteiger partial charge on any atom is -0.348 e. The summed E-state index contributed by atoms with van der Waals surface area (Å²) in [6, 6.07) is 4.48. The molecule has 1 amide bonds. The number of carbonyl (C=O) groups excluding carboxylic acids is 1. The molecule has 1 unspecified atom stereocenters. The molecular weight excluding hydrogens is 243 g/mol.